The fourth-order valence-corrected chi connectivity index (χ4v) is 1.60. The Kier molecular flexibility index (Phi) is 5.68. The predicted molar refractivity (Wildman–Crippen MR) is 71.1 cm³/mol. The van der Waals surface area contributed by atoms with Crippen molar-refractivity contribution in [2.75, 3.05) is 18.4 Å². The van der Waals surface area contributed by atoms with Crippen LogP contribution in [0.2, 0.25) is 0 Å². The molecular formula is C11H16N4O4. The number of non-ortho nitro benzene ring substituents is 1. The summed E-state index contributed by atoms with van der Waals surface area (Å²) >= 11 is 0. The van der Waals surface area contributed by atoms with Gasteiger partial charge in [0, 0.05) is 12.6 Å². The SMILES string of the molecule is NCCCCCNc1ccc([N+](=O)[O-])cc1[N+](=O)[O-]. The minimum atomic E-state index is -0.655. The Bertz CT molecular complexity index is 464. The lowest BCUT2D eigenvalue weighted by Crippen LogP contribution is -2.06. The first-order chi connectivity index (χ1) is 9.06. The quantitative estimate of drug-likeness (QED) is 0.422. The molecule has 8 nitrogen and oxygen atoms in total. The Morgan fingerprint density at radius 3 is 2.42 bits per heavy atom. The van der Waals surface area contributed by atoms with Gasteiger partial charge in [0.1, 0.15) is 5.69 Å². The lowest BCUT2D eigenvalue weighted by Gasteiger charge is -2.06. The number of rotatable bonds is 8. The normalized spacial score (nSPS) is 10.2. The van der Waals surface area contributed by atoms with Crippen LogP contribution in [0, 0.1) is 20.2 Å². The van der Waals surface area contributed by atoms with Crippen molar-refractivity contribution in [1.29, 1.82) is 0 Å². The lowest BCUT2D eigenvalue weighted by atomic mass is 10.2. The summed E-state index contributed by atoms with van der Waals surface area (Å²) in [5, 5.41) is 24.3. The number of anilines is 1. The van der Waals surface area contributed by atoms with E-state index in [-0.39, 0.29) is 11.4 Å². The zero-order valence-corrected chi connectivity index (χ0v) is 10.4. The number of hydrogen-bond acceptors (Lipinski definition) is 6. The molecule has 0 saturated heterocycles. The first-order valence-electron chi connectivity index (χ1n) is 5.93. The number of nitro groups is 2. The summed E-state index contributed by atoms with van der Waals surface area (Å²) in [4.78, 5) is 20.1. The van der Waals surface area contributed by atoms with Crippen LogP contribution in [0.1, 0.15) is 19.3 Å². The van der Waals surface area contributed by atoms with Gasteiger partial charge in [-0.2, -0.15) is 0 Å². The smallest absolute Gasteiger partial charge is 0.299 e. The van der Waals surface area contributed by atoms with Gasteiger partial charge in [-0.3, -0.25) is 20.2 Å². The molecule has 0 aliphatic heterocycles. The maximum Gasteiger partial charge on any atom is 0.299 e. The number of benzene rings is 1. The highest BCUT2D eigenvalue weighted by Gasteiger charge is 2.18. The van der Waals surface area contributed by atoms with E-state index in [0.29, 0.717) is 18.8 Å². The van der Waals surface area contributed by atoms with E-state index >= 15 is 0 Å². The van der Waals surface area contributed by atoms with Crippen molar-refractivity contribution in [3.8, 4) is 0 Å². The van der Waals surface area contributed by atoms with Crippen LogP contribution >= 0.6 is 0 Å². The van der Waals surface area contributed by atoms with E-state index in [1.165, 1.54) is 12.1 Å². The first kappa shape index (κ1) is 14.8. The van der Waals surface area contributed by atoms with E-state index in [0.717, 1.165) is 25.3 Å². The number of unbranched alkanes of at least 4 members (excludes halogenated alkanes) is 2. The fraction of sp³-hybridized carbons (Fsp3) is 0.455. The number of nitrogens with zero attached hydrogens (tertiary/aromatic N) is 2. The molecule has 0 radical (unpaired) electrons. The molecule has 8 heteroatoms. The van der Waals surface area contributed by atoms with Gasteiger partial charge in [0.25, 0.3) is 11.4 Å². The third-order valence-electron chi connectivity index (χ3n) is 2.59. The van der Waals surface area contributed by atoms with Crippen LogP contribution in [0.5, 0.6) is 0 Å². The zero-order valence-electron chi connectivity index (χ0n) is 10.4. The molecular weight excluding hydrogens is 252 g/mol. The van der Waals surface area contributed by atoms with Crippen LogP contribution in [-0.4, -0.2) is 22.9 Å². The average molecular weight is 268 g/mol. The van der Waals surface area contributed by atoms with Crippen molar-refractivity contribution in [1.82, 2.24) is 0 Å². The molecule has 0 fully saturated rings. The second-order valence-electron chi connectivity index (χ2n) is 3.99. The van der Waals surface area contributed by atoms with Gasteiger partial charge in [-0.15, -0.1) is 0 Å². The molecule has 0 spiro atoms. The molecule has 0 amide bonds. The lowest BCUT2D eigenvalue weighted by molar-refractivity contribution is -0.393. The summed E-state index contributed by atoms with van der Waals surface area (Å²) in [6.45, 7) is 1.19. The molecule has 19 heavy (non-hydrogen) atoms. The van der Waals surface area contributed by atoms with Crippen molar-refractivity contribution in [2.24, 2.45) is 5.73 Å². The number of hydrogen-bond donors (Lipinski definition) is 2. The molecule has 1 rings (SSSR count). The molecule has 0 aliphatic carbocycles. The topological polar surface area (TPSA) is 124 Å². The van der Waals surface area contributed by atoms with Gasteiger partial charge >= 0.3 is 0 Å². The largest absolute Gasteiger partial charge is 0.379 e. The van der Waals surface area contributed by atoms with Gasteiger partial charge in [-0.25, -0.2) is 0 Å². The molecule has 0 bridgehead atoms. The van der Waals surface area contributed by atoms with E-state index in [1.54, 1.807) is 0 Å². The Labute approximate surface area is 109 Å². The Balaban J connectivity index is 2.71. The van der Waals surface area contributed by atoms with Crippen LogP contribution in [-0.2, 0) is 0 Å². The van der Waals surface area contributed by atoms with Crippen LogP contribution < -0.4 is 11.1 Å². The van der Waals surface area contributed by atoms with Gasteiger partial charge in [0.2, 0.25) is 0 Å². The molecule has 0 aliphatic rings. The molecule has 1 aromatic carbocycles. The number of nitro benzene ring substituents is 2. The summed E-state index contributed by atoms with van der Waals surface area (Å²) in [6, 6.07) is 3.57. The highest BCUT2D eigenvalue weighted by Crippen LogP contribution is 2.28. The summed E-state index contributed by atoms with van der Waals surface area (Å²) < 4.78 is 0. The third-order valence-corrected chi connectivity index (χ3v) is 2.59. The van der Waals surface area contributed by atoms with E-state index in [2.05, 4.69) is 5.32 Å². The highest BCUT2D eigenvalue weighted by atomic mass is 16.6. The standard InChI is InChI=1S/C11H16N4O4/c12-6-2-1-3-7-13-10-5-4-9(14(16)17)8-11(10)15(18)19/h4-5,8,13H,1-3,6-7,12H2. The molecule has 3 N–H and O–H groups in total. The van der Waals surface area contributed by atoms with Gasteiger partial charge in [0.15, 0.2) is 0 Å². The summed E-state index contributed by atoms with van der Waals surface area (Å²) in [7, 11) is 0. The molecule has 1 aromatic rings. The van der Waals surface area contributed by atoms with Gasteiger partial charge in [-0.1, -0.05) is 6.42 Å². The fourth-order valence-electron chi connectivity index (χ4n) is 1.60. The van der Waals surface area contributed by atoms with Crippen molar-refractivity contribution in [2.45, 2.75) is 19.3 Å². The molecule has 0 heterocycles. The Hall–Kier alpha value is -2.22. The monoisotopic (exact) mass is 268 g/mol. The average Bonchev–Trinajstić information content (AvgIpc) is 2.38. The second-order valence-corrected chi connectivity index (χ2v) is 3.99. The van der Waals surface area contributed by atoms with Gasteiger partial charge in [-0.05, 0) is 25.5 Å². The van der Waals surface area contributed by atoms with Crippen molar-refractivity contribution in [3.05, 3.63) is 38.4 Å². The van der Waals surface area contributed by atoms with E-state index in [9.17, 15) is 20.2 Å². The maximum absolute atomic E-state index is 10.9. The molecule has 0 atom stereocenters. The van der Waals surface area contributed by atoms with E-state index in [4.69, 9.17) is 5.73 Å². The first-order valence-corrected chi connectivity index (χ1v) is 5.93. The maximum atomic E-state index is 10.9. The van der Waals surface area contributed by atoms with Crippen molar-refractivity contribution < 1.29 is 9.85 Å². The molecule has 104 valence electrons. The van der Waals surface area contributed by atoms with Crippen molar-refractivity contribution >= 4 is 17.1 Å². The second kappa shape index (κ2) is 7.27. The van der Waals surface area contributed by atoms with Gasteiger partial charge in [0.05, 0.1) is 15.9 Å². The van der Waals surface area contributed by atoms with Crippen LogP contribution in [0.4, 0.5) is 17.1 Å². The number of nitrogens with two attached hydrogens (primary N) is 1. The molecule has 0 unspecified atom stereocenters. The van der Waals surface area contributed by atoms with Gasteiger partial charge < -0.3 is 11.1 Å². The molecule has 0 aromatic heterocycles. The molecule has 0 saturated carbocycles. The Morgan fingerprint density at radius 2 is 1.84 bits per heavy atom. The van der Waals surface area contributed by atoms with Crippen molar-refractivity contribution in [3.63, 3.8) is 0 Å². The summed E-state index contributed by atoms with van der Waals surface area (Å²) in [5.74, 6) is 0. The zero-order chi connectivity index (χ0) is 14.3. The summed E-state index contributed by atoms with van der Waals surface area (Å²) in [6.07, 6.45) is 2.68. The Morgan fingerprint density at radius 1 is 1.11 bits per heavy atom. The van der Waals surface area contributed by atoms with Crippen LogP contribution in [0.15, 0.2) is 18.2 Å². The highest BCUT2D eigenvalue weighted by molar-refractivity contribution is 5.65. The minimum absolute atomic E-state index is 0.284. The van der Waals surface area contributed by atoms with E-state index in [1.807, 2.05) is 0 Å². The van der Waals surface area contributed by atoms with Crippen LogP contribution in [0.25, 0.3) is 0 Å². The van der Waals surface area contributed by atoms with E-state index < -0.39 is 9.85 Å². The number of nitrogens with one attached hydrogen (secondary N) is 1. The minimum Gasteiger partial charge on any atom is -0.379 e. The summed E-state index contributed by atoms with van der Waals surface area (Å²) in [5.41, 5.74) is 5.08. The predicted octanol–water partition coefficient (Wildman–Crippen LogP) is 2.04. The van der Waals surface area contributed by atoms with Crippen LogP contribution in [0.3, 0.4) is 0 Å². The third kappa shape index (κ3) is 4.51.